The lowest BCUT2D eigenvalue weighted by molar-refractivity contribution is 0.660. The second-order valence-corrected chi connectivity index (χ2v) is 3.10. The minimum atomic E-state index is 0.931. The van der Waals surface area contributed by atoms with Crippen molar-refractivity contribution in [3.05, 3.63) is 12.2 Å². The molecule has 0 amide bonds. The van der Waals surface area contributed by atoms with E-state index in [2.05, 4.69) is 35.5 Å². The fraction of sp³-hybridized carbons (Fsp3) is 0.727. The molecule has 0 aliphatic carbocycles. The van der Waals surface area contributed by atoms with E-state index >= 15 is 0 Å². The normalized spacial score (nSPS) is 12.4. The van der Waals surface area contributed by atoms with Gasteiger partial charge in [0.05, 0.1) is 0 Å². The van der Waals surface area contributed by atoms with Crippen molar-refractivity contribution in [3.8, 4) is 0 Å². The summed E-state index contributed by atoms with van der Waals surface area (Å²) in [4.78, 5) is 4.13. The van der Waals surface area contributed by atoms with E-state index in [4.69, 9.17) is 0 Å². The van der Waals surface area contributed by atoms with Gasteiger partial charge in [0.1, 0.15) is 5.84 Å². The van der Waals surface area contributed by atoms with Crippen molar-refractivity contribution in [1.29, 1.82) is 0 Å². The molecule has 0 aromatic heterocycles. The summed E-state index contributed by atoms with van der Waals surface area (Å²) in [6.45, 7) is 7.30. The van der Waals surface area contributed by atoms with Gasteiger partial charge in [-0.25, -0.2) is 0 Å². The van der Waals surface area contributed by atoms with Gasteiger partial charge in [0.25, 0.3) is 0 Å². The van der Waals surface area contributed by atoms with Gasteiger partial charge in [0.15, 0.2) is 0 Å². The maximum Gasteiger partial charge on any atom is 0.120 e. The molecule has 0 aromatic carbocycles. The first-order valence-electron chi connectivity index (χ1n) is 5.43. The molecule has 0 spiro atoms. The second-order valence-electron chi connectivity index (χ2n) is 3.10. The van der Waals surface area contributed by atoms with Gasteiger partial charge < -0.3 is 10.6 Å². The SMILES string of the molecule is CCC=CC(=NC)NCCNCCC. The molecule has 82 valence electrons. The Morgan fingerprint density at radius 1 is 1.21 bits per heavy atom. The van der Waals surface area contributed by atoms with E-state index in [9.17, 15) is 0 Å². The molecule has 0 bridgehead atoms. The highest BCUT2D eigenvalue weighted by Gasteiger charge is 1.90. The van der Waals surface area contributed by atoms with E-state index in [0.29, 0.717) is 0 Å². The fourth-order valence-electron chi connectivity index (χ4n) is 1.02. The third kappa shape index (κ3) is 7.80. The monoisotopic (exact) mass is 197 g/mol. The predicted molar refractivity (Wildman–Crippen MR) is 64.0 cm³/mol. The highest BCUT2D eigenvalue weighted by Crippen LogP contribution is 1.81. The van der Waals surface area contributed by atoms with Crippen molar-refractivity contribution in [2.75, 3.05) is 26.7 Å². The minimum absolute atomic E-state index is 0.931. The number of nitrogens with zero attached hydrogens (tertiary/aromatic N) is 1. The van der Waals surface area contributed by atoms with Gasteiger partial charge in [0.2, 0.25) is 0 Å². The molecule has 14 heavy (non-hydrogen) atoms. The van der Waals surface area contributed by atoms with E-state index in [0.717, 1.165) is 31.9 Å². The predicted octanol–water partition coefficient (Wildman–Crippen LogP) is 1.57. The molecule has 2 N–H and O–H groups in total. The maximum absolute atomic E-state index is 4.13. The standard InChI is InChI=1S/C11H23N3/c1-4-6-7-11(12-3)14-10-9-13-8-5-2/h6-7,13H,4-5,8-10H2,1-3H3,(H,12,14). The topological polar surface area (TPSA) is 36.4 Å². The van der Waals surface area contributed by atoms with Gasteiger partial charge in [-0.15, -0.1) is 0 Å². The van der Waals surface area contributed by atoms with Gasteiger partial charge in [-0.3, -0.25) is 4.99 Å². The zero-order valence-corrected chi connectivity index (χ0v) is 9.64. The van der Waals surface area contributed by atoms with Crippen LogP contribution in [0.25, 0.3) is 0 Å². The Hall–Kier alpha value is -0.830. The summed E-state index contributed by atoms with van der Waals surface area (Å²) in [5, 5.41) is 6.59. The molecule has 0 atom stereocenters. The molecular weight excluding hydrogens is 174 g/mol. The van der Waals surface area contributed by atoms with Gasteiger partial charge in [-0.05, 0) is 25.5 Å². The van der Waals surface area contributed by atoms with Crippen molar-refractivity contribution in [1.82, 2.24) is 10.6 Å². The lowest BCUT2D eigenvalue weighted by atomic mass is 10.4. The van der Waals surface area contributed by atoms with E-state index in [1.54, 1.807) is 0 Å². The summed E-state index contributed by atoms with van der Waals surface area (Å²) in [6, 6.07) is 0. The number of amidine groups is 1. The molecule has 0 saturated carbocycles. The highest BCUT2D eigenvalue weighted by atomic mass is 15.0. The number of rotatable bonds is 7. The number of hydrogen-bond donors (Lipinski definition) is 2. The summed E-state index contributed by atoms with van der Waals surface area (Å²) >= 11 is 0. The van der Waals surface area contributed by atoms with Crippen LogP contribution in [-0.4, -0.2) is 32.5 Å². The van der Waals surface area contributed by atoms with Crippen LogP contribution in [0.2, 0.25) is 0 Å². The molecule has 0 saturated heterocycles. The van der Waals surface area contributed by atoms with Crippen molar-refractivity contribution in [3.63, 3.8) is 0 Å². The van der Waals surface area contributed by atoms with Crippen LogP contribution in [-0.2, 0) is 0 Å². The van der Waals surface area contributed by atoms with Crippen LogP contribution in [0.5, 0.6) is 0 Å². The third-order valence-electron chi connectivity index (χ3n) is 1.79. The molecule has 0 aromatic rings. The molecule has 3 nitrogen and oxygen atoms in total. The lowest BCUT2D eigenvalue weighted by Crippen LogP contribution is -2.31. The summed E-state index contributed by atoms with van der Waals surface area (Å²) in [6.07, 6.45) is 6.37. The molecule has 0 aliphatic rings. The molecule has 0 rings (SSSR count). The molecular formula is C11H23N3. The molecule has 0 aliphatic heterocycles. The average molecular weight is 197 g/mol. The first kappa shape index (κ1) is 13.2. The van der Waals surface area contributed by atoms with E-state index in [1.165, 1.54) is 6.42 Å². The van der Waals surface area contributed by atoms with Gasteiger partial charge in [-0.2, -0.15) is 0 Å². The second kappa shape index (κ2) is 10.3. The Balaban J connectivity index is 3.49. The zero-order valence-electron chi connectivity index (χ0n) is 9.64. The van der Waals surface area contributed by atoms with Crippen LogP contribution in [0, 0.1) is 0 Å². The van der Waals surface area contributed by atoms with Crippen molar-refractivity contribution in [2.45, 2.75) is 26.7 Å². The average Bonchev–Trinajstić information content (AvgIpc) is 2.22. The molecule has 0 unspecified atom stereocenters. The smallest absolute Gasteiger partial charge is 0.120 e. The maximum atomic E-state index is 4.13. The molecule has 0 heterocycles. The molecule has 3 heteroatoms. The Kier molecular flexibility index (Phi) is 9.64. The Morgan fingerprint density at radius 3 is 2.57 bits per heavy atom. The Morgan fingerprint density at radius 2 is 2.00 bits per heavy atom. The van der Waals surface area contributed by atoms with E-state index < -0.39 is 0 Å². The summed E-state index contributed by atoms with van der Waals surface area (Å²) in [7, 11) is 1.81. The van der Waals surface area contributed by atoms with Crippen LogP contribution >= 0.6 is 0 Å². The van der Waals surface area contributed by atoms with Crippen molar-refractivity contribution < 1.29 is 0 Å². The molecule has 0 radical (unpaired) electrons. The van der Waals surface area contributed by atoms with Crippen LogP contribution in [0.3, 0.4) is 0 Å². The summed E-state index contributed by atoms with van der Waals surface area (Å²) < 4.78 is 0. The van der Waals surface area contributed by atoms with Gasteiger partial charge in [0, 0.05) is 20.1 Å². The van der Waals surface area contributed by atoms with Gasteiger partial charge >= 0.3 is 0 Å². The Bertz CT molecular complexity index is 173. The van der Waals surface area contributed by atoms with Crippen LogP contribution in [0.1, 0.15) is 26.7 Å². The fourth-order valence-corrected chi connectivity index (χ4v) is 1.02. The lowest BCUT2D eigenvalue weighted by Gasteiger charge is -2.06. The largest absolute Gasteiger partial charge is 0.369 e. The summed E-state index contributed by atoms with van der Waals surface area (Å²) in [5.74, 6) is 0.963. The van der Waals surface area contributed by atoms with E-state index in [1.807, 2.05) is 13.1 Å². The van der Waals surface area contributed by atoms with Crippen LogP contribution < -0.4 is 10.6 Å². The number of nitrogens with one attached hydrogen (secondary N) is 2. The minimum Gasteiger partial charge on any atom is -0.369 e. The first-order valence-corrected chi connectivity index (χ1v) is 5.43. The number of aliphatic imine (C=N–C) groups is 1. The van der Waals surface area contributed by atoms with Gasteiger partial charge in [-0.1, -0.05) is 19.9 Å². The Labute approximate surface area is 87.7 Å². The highest BCUT2D eigenvalue weighted by molar-refractivity contribution is 5.92. The van der Waals surface area contributed by atoms with Crippen LogP contribution in [0.4, 0.5) is 0 Å². The first-order chi connectivity index (χ1) is 6.85. The van der Waals surface area contributed by atoms with Crippen molar-refractivity contribution in [2.24, 2.45) is 4.99 Å². The molecule has 0 fully saturated rings. The van der Waals surface area contributed by atoms with Crippen LogP contribution in [0.15, 0.2) is 17.1 Å². The number of hydrogen-bond acceptors (Lipinski definition) is 2. The third-order valence-corrected chi connectivity index (χ3v) is 1.79. The van der Waals surface area contributed by atoms with E-state index in [-0.39, 0.29) is 0 Å². The quantitative estimate of drug-likeness (QED) is 0.369. The summed E-state index contributed by atoms with van der Waals surface area (Å²) in [5.41, 5.74) is 0. The van der Waals surface area contributed by atoms with Crippen molar-refractivity contribution >= 4 is 5.84 Å². The number of allylic oxidation sites excluding steroid dienone is 1. The zero-order chi connectivity index (χ0) is 10.6.